The summed E-state index contributed by atoms with van der Waals surface area (Å²) in [4.78, 5) is 26.6. The Balaban J connectivity index is 2.51. The van der Waals surface area contributed by atoms with E-state index in [0.29, 0.717) is 6.61 Å². The molecule has 2 aliphatic rings. The van der Waals surface area contributed by atoms with Gasteiger partial charge >= 0.3 is 6.03 Å². The number of carbonyl (C=O) groups excluding carboxylic acids is 2. The summed E-state index contributed by atoms with van der Waals surface area (Å²) in [6.45, 7) is 4.13. The van der Waals surface area contributed by atoms with E-state index >= 15 is 0 Å². The largest absolute Gasteiger partial charge is 0.352 e. The van der Waals surface area contributed by atoms with Crippen LogP contribution in [0, 0.1) is 5.41 Å². The Morgan fingerprint density at radius 2 is 2.06 bits per heavy atom. The fourth-order valence-electron chi connectivity index (χ4n) is 2.54. The fourth-order valence-corrected chi connectivity index (χ4v) is 2.54. The van der Waals surface area contributed by atoms with E-state index in [0.717, 1.165) is 10.5 Å². The number of rotatable bonds is 0. The van der Waals surface area contributed by atoms with Gasteiger partial charge < -0.3 is 4.74 Å². The number of fused-ring (bicyclic) bond motifs is 1. The lowest BCUT2D eigenvalue weighted by molar-refractivity contribution is -0.151. The molecule has 3 amide bonds. The molecule has 2 rings (SSSR count). The predicted molar refractivity (Wildman–Crippen MR) is 57.5 cm³/mol. The molecule has 0 bridgehead atoms. The van der Waals surface area contributed by atoms with Crippen molar-refractivity contribution in [3.8, 4) is 0 Å². The van der Waals surface area contributed by atoms with Crippen molar-refractivity contribution in [3.05, 3.63) is 11.6 Å². The minimum absolute atomic E-state index is 0.189. The van der Waals surface area contributed by atoms with E-state index in [9.17, 15) is 9.59 Å². The Morgan fingerprint density at radius 1 is 1.44 bits per heavy atom. The number of imide groups is 1. The van der Waals surface area contributed by atoms with Crippen molar-refractivity contribution >= 4 is 11.9 Å². The third-order valence-electron chi connectivity index (χ3n) is 3.60. The second-order valence-corrected chi connectivity index (χ2v) is 4.44. The molecular formula is C11H16N2O3. The smallest absolute Gasteiger partial charge is 0.328 e. The van der Waals surface area contributed by atoms with Gasteiger partial charge in [-0.05, 0) is 19.4 Å². The number of ether oxygens (including phenoxy) is 1. The first-order chi connectivity index (χ1) is 7.44. The molecule has 0 unspecified atom stereocenters. The first kappa shape index (κ1) is 11.1. The minimum Gasteiger partial charge on any atom is -0.352 e. The number of hydrogen-bond donors (Lipinski definition) is 0. The summed E-state index contributed by atoms with van der Waals surface area (Å²) in [5, 5.41) is 0. The summed E-state index contributed by atoms with van der Waals surface area (Å²) in [7, 11) is 3.17. The van der Waals surface area contributed by atoms with Crippen LogP contribution in [-0.2, 0) is 9.53 Å². The topological polar surface area (TPSA) is 49.9 Å². The lowest BCUT2D eigenvalue weighted by Crippen LogP contribution is -2.62. The summed E-state index contributed by atoms with van der Waals surface area (Å²) >= 11 is 0. The van der Waals surface area contributed by atoms with E-state index in [1.165, 1.54) is 11.9 Å². The van der Waals surface area contributed by atoms with E-state index in [1.807, 2.05) is 19.9 Å². The van der Waals surface area contributed by atoms with E-state index in [2.05, 4.69) is 0 Å². The SMILES string of the molecule is C/C=C1/CO[C@@H]2N(C)C(=O)N(C)C(=O)[C@]12C. The van der Waals surface area contributed by atoms with Crippen molar-refractivity contribution in [2.45, 2.75) is 20.1 Å². The van der Waals surface area contributed by atoms with Gasteiger partial charge in [0.25, 0.3) is 0 Å². The quantitative estimate of drug-likeness (QED) is 0.572. The van der Waals surface area contributed by atoms with Gasteiger partial charge in [0.05, 0.1) is 6.61 Å². The molecule has 0 aromatic heterocycles. The van der Waals surface area contributed by atoms with Crippen LogP contribution < -0.4 is 0 Å². The van der Waals surface area contributed by atoms with Crippen molar-refractivity contribution in [1.29, 1.82) is 0 Å². The molecule has 5 nitrogen and oxygen atoms in total. The lowest BCUT2D eigenvalue weighted by Gasteiger charge is -2.43. The second kappa shape index (κ2) is 3.31. The number of amides is 3. The molecule has 0 radical (unpaired) electrons. The van der Waals surface area contributed by atoms with E-state index in [1.54, 1.807) is 7.05 Å². The minimum atomic E-state index is -0.730. The van der Waals surface area contributed by atoms with Crippen molar-refractivity contribution in [3.63, 3.8) is 0 Å². The van der Waals surface area contributed by atoms with E-state index < -0.39 is 11.6 Å². The first-order valence-electron chi connectivity index (χ1n) is 5.26. The van der Waals surface area contributed by atoms with Gasteiger partial charge in [0, 0.05) is 14.1 Å². The molecule has 2 saturated heterocycles. The van der Waals surface area contributed by atoms with Gasteiger partial charge in [0.15, 0.2) is 6.23 Å². The molecular weight excluding hydrogens is 208 g/mol. The van der Waals surface area contributed by atoms with Crippen LogP contribution in [0.1, 0.15) is 13.8 Å². The Morgan fingerprint density at radius 3 is 2.62 bits per heavy atom. The molecule has 16 heavy (non-hydrogen) atoms. The normalized spacial score (nSPS) is 37.2. The van der Waals surface area contributed by atoms with E-state index in [4.69, 9.17) is 4.74 Å². The summed E-state index contributed by atoms with van der Waals surface area (Å²) in [5.74, 6) is -0.189. The zero-order valence-corrected chi connectivity index (χ0v) is 9.98. The number of nitrogens with zero attached hydrogens (tertiary/aromatic N) is 2. The second-order valence-electron chi connectivity index (χ2n) is 4.44. The van der Waals surface area contributed by atoms with Gasteiger partial charge in [0.1, 0.15) is 5.41 Å². The Labute approximate surface area is 94.6 Å². The maximum absolute atomic E-state index is 12.2. The van der Waals surface area contributed by atoms with Crippen LogP contribution >= 0.6 is 0 Å². The van der Waals surface area contributed by atoms with Gasteiger partial charge in [-0.2, -0.15) is 0 Å². The number of carbonyl (C=O) groups is 2. The number of allylic oxidation sites excluding steroid dienone is 1. The van der Waals surface area contributed by atoms with Crippen molar-refractivity contribution in [1.82, 2.24) is 9.80 Å². The number of urea groups is 1. The molecule has 0 aliphatic carbocycles. The molecule has 88 valence electrons. The predicted octanol–water partition coefficient (Wildman–Crippen LogP) is 0.819. The highest BCUT2D eigenvalue weighted by Crippen LogP contribution is 2.44. The van der Waals surface area contributed by atoms with Crippen LogP contribution in [0.3, 0.4) is 0 Å². The van der Waals surface area contributed by atoms with Gasteiger partial charge in [-0.25, -0.2) is 4.79 Å². The monoisotopic (exact) mass is 224 g/mol. The molecule has 0 aromatic carbocycles. The highest BCUT2D eigenvalue weighted by Gasteiger charge is 2.58. The number of hydrogen-bond acceptors (Lipinski definition) is 3. The standard InChI is InChI=1S/C11H16N2O3/c1-5-7-6-16-9-11(7,2)8(14)12(3)10(15)13(9)4/h5,9H,6H2,1-4H3/b7-5-/t9-,11-/m0/s1. The Kier molecular flexibility index (Phi) is 2.31. The molecule has 0 N–H and O–H groups in total. The van der Waals surface area contributed by atoms with Crippen LogP contribution in [0.15, 0.2) is 11.6 Å². The van der Waals surface area contributed by atoms with Crippen LogP contribution in [0.5, 0.6) is 0 Å². The molecule has 2 atom stereocenters. The van der Waals surface area contributed by atoms with Crippen molar-refractivity contribution < 1.29 is 14.3 Å². The van der Waals surface area contributed by atoms with Crippen LogP contribution in [0.25, 0.3) is 0 Å². The molecule has 2 fully saturated rings. The van der Waals surface area contributed by atoms with Crippen LogP contribution in [0.2, 0.25) is 0 Å². The molecule has 0 aromatic rings. The average molecular weight is 224 g/mol. The van der Waals surface area contributed by atoms with Crippen molar-refractivity contribution in [2.75, 3.05) is 20.7 Å². The molecule has 0 saturated carbocycles. The molecule has 2 heterocycles. The maximum atomic E-state index is 12.2. The molecule has 5 heteroatoms. The Bertz CT molecular complexity index is 391. The van der Waals surface area contributed by atoms with Crippen LogP contribution in [-0.4, -0.2) is 48.7 Å². The summed E-state index contributed by atoms with van der Waals surface area (Å²) in [5.41, 5.74) is 0.209. The zero-order chi connectivity index (χ0) is 12.1. The highest BCUT2D eigenvalue weighted by atomic mass is 16.5. The highest BCUT2D eigenvalue weighted by molar-refractivity contribution is 6.01. The lowest BCUT2D eigenvalue weighted by atomic mass is 9.79. The van der Waals surface area contributed by atoms with E-state index in [-0.39, 0.29) is 11.9 Å². The maximum Gasteiger partial charge on any atom is 0.328 e. The van der Waals surface area contributed by atoms with Crippen LogP contribution in [0.4, 0.5) is 4.79 Å². The third kappa shape index (κ3) is 1.09. The third-order valence-corrected chi connectivity index (χ3v) is 3.60. The summed E-state index contributed by atoms with van der Waals surface area (Å²) in [6, 6.07) is -0.315. The van der Waals surface area contributed by atoms with Crippen molar-refractivity contribution in [2.24, 2.45) is 5.41 Å². The zero-order valence-electron chi connectivity index (χ0n) is 9.98. The van der Waals surface area contributed by atoms with Gasteiger partial charge in [-0.3, -0.25) is 14.6 Å². The first-order valence-corrected chi connectivity index (χ1v) is 5.26. The molecule has 2 aliphatic heterocycles. The fraction of sp³-hybridized carbons (Fsp3) is 0.636. The summed E-state index contributed by atoms with van der Waals surface area (Å²) < 4.78 is 5.55. The summed E-state index contributed by atoms with van der Waals surface area (Å²) in [6.07, 6.45) is 1.42. The average Bonchev–Trinajstić information content (AvgIpc) is 2.62. The van der Waals surface area contributed by atoms with Gasteiger partial charge in [-0.1, -0.05) is 6.08 Å². The Hall–Kier alpha value is -1.36. The van der Waals surface area contributed by atoms with Gasteiger partial charge in [0.2, 0.25) is 5.91 Å². The molecule has 0 spiro atoms. The van der Waals surface area contributed by atoms with Gasteiger partial charge in [-0.15, -0.1) is 0 Å².